The Hall–Kier alpha value is -3.08. The van der Waals surface area contributed by atoms with Crippen molar-refractivity contribution in [3.63, 3.8) is 0 Å². The van der Waals surface area contributed by atoms with Crippen LogP contribution >= 0.6 is 0 Å². The van der Waals surface area contributed by atoms with Gasteiger partial charge in [-0.1, -0.05) is 18.2 Å². The number of nitrogens with zero attached hydrogens (tertiary/aromatic N) is 2. The number of ether oxygens (including phenoxy) is 2. The van der Waals surface area contributed by atoms with E-state index in [4.69, 9.17) is 9.47 Å². The van der Waals surface area contributed by atoms with Crippen LogP contribution in [0, 0.1) is 0 Å². The molecule has 1 atom stereocenters. The van der Waals surface area contributed by atoms with Crippen molar-refractivity contribution in [1.82, 2.24) is 9.97 Å². The number of aromatic nitrogens is 2. The smallest absolute Gasteiger partial charge is 0.223 e. The van der Waals surface area contributed by atoms with E-state index in [1.807, 2.05) is 48.5 Å². The van der Waals surface area contributed by atoms with Crippen LogP contribution in [0.2, 0.25) is 0 Å². The molecule has 1 aromatic heterocycles. The Morgan fingerprint density at radius 2 is 1.92 bits per heavy atom. The summed E-state index contributed by atoms with van der Waals surface area (Å²) in [5.74, 6) is 2.45. The van der Waals surface area contributed by atoms with E-state index in [1.54, 1.807) is 13.3 Å². The molecule has 0 amide bonds. The summed E-state index contributed by atoms with van der Waals surface area (Å²) < 4.78 is 11.1. The highest BCUT2D eigenvalue weighted by atomic mass is 16.5. The van der Waals surface area contributed by atoms with Gasteiger partial charge in [-0.2, -0.15) is 0 Å². The number of nitrogens with one attached hydrogen (secondary N) is 1. The van der Waals surface area contributed by atoms with E-state index in [-0.39, 0.29) is 6.04 Å². The van der Waals surface area contributed by atoms with E-state index in [2.05, 4.69) is 21.4 Å². The van der Waals surface area contributed by atoms with Crippen molar-refractivity contribution < 1.29 is 9.47 Å². The topological polar surface area (TPSA) is 56.3 Å². The highest BCUT2D eigenvalue weighted by Gasteiger charge is 2.18. The molecule has 0 spiro atoms. The highest BCUT2D eigenvalue weighted by molar-refractivity contribution is 5.61. The van der Waals surface area contributed by atoms with Gasteiger partial charge in [-0.25, -0.2) is 9.97 Å². The molecule has 1 unspecified atom stereocenters. The quantitative estimate of drug-likeness (QED) is 0.774. The molecule has 0 bridgehead atoms. The fraction of sp³-hybridized carbons (Fsp3) is 0.238. The van der Waals surface area contributed by atoms with Crippen molar-refractivity contribution in [2.75, 3.05) is 19.0 Å². The number of hydrogen-bond acceptors (Lipinski definition) is 5. The number of fused-ring (bicyclic) bond motifs is 1. The van der Waals surface area contributed by atoms with Crippen molar-refractivity contribution >= 4 is 5.95 Å². The van der Waals surface area contributed by atoms with Crippen LogP contribution < -0.4 is 14.8 Å². The van der Waals surface area contributed by atoms with E-state index in [1.165, 1.54) is 5.56 Å². The maximum Gasteiger partial charge on any atom is 0.223 e. The number of rotatable bonds is 4. The minimum Gasteiger partial charge on any atom is -0.497 e. The lowest BCUT2D eigenvalue weighted by atomic mass is 10.0. The van der Waals surface area contributed by atoms with E-state index < -0.39 is 0 Å². The third kappa shape index (κ3) is 3.61. The second-order valence-corrected chi connectivity index (χ2v) is 6.28. The van der Waals surface area contributed by atoms with E-state index in [9.17, 15) is 0 Å². The molecule has 1 aliphatic heterocycles. The molecule has 1 aliphatic rings. The molecule has 5 heteroatoms. The molecule has 4 rings (SSSR count). The van der Waals surface area contributed by atoms with Gasteiger partial charge >= 0.3 is 0 Å². The molecule has 1 N–H and O–H groups in total. The van der Waals surface area contributed by atoms with Crippen molar-refractivity contribution in [3.8, 4) is 22.8 Å². The molecule has 0 fully saturated rings. The Morgan fingerprint density at radius 1 is 1.08 bits per heavy atom. The first-order valence-electron chi connectivity index (χ1n) is 8.76. The second kappa shape index (κ2) is 7.44. The summed E-state index contributed by atoms with van der Waals surface area (Å²) in [4.78, 5) is 9.07. The lowest BCUT2D eigenvalue weighted by Crippen LogP contribution is -2.24. The van der Waals surface area contributed by atoms with Gasteiger partial charge in [-0.15, -0.1) is 0 Å². The fourth-order valence-corrected chi connectivity index (χ4v) is 3.15. The maximum atomic E-state index is 5.84. The summed E-state index contributed by atoms with van der Waals surface area (Å²) in [5.41, 5.74) is 3.13. The summed E-state index contributed by atoms with van der Waals surface area (Å²) in [6, 6.07) is 18.2. The molecule has 0 aliphatic carbocycles. The molecule has 0 radical (unpaired) electrons. The summed E-state index contributed by atoms with van der Waals surface area (Å²) in [7, 11) is 1.66. The van der Waals surface area contributed by atoms with Crippen LogP contribution in [0.1, 0.15) is 12.0 Å². The van der Waals surface area contributed by atoms with Crippen LogP contribution in [-0.2, 0) is 6.42 Å². The van der Waals surface area contributed by atoms with E-state index >= 15 is 0 Å². The lowest BCUT2D eigenvalue weighted by molar-refractivity contribution is 0.312. The minimum absolute atomic E-state index is 0.241. The van der Waals surface area contributed by atoms with Crippen molar-refractivity contribution in [2.24, 2.45) is 0 Å². The van der Waals surface area contributed by atoms with E-state index in [0.717, 1.165) is 35.6 Å². The zero-order chi connectivity index (χ0) is 17.8. The van der Waals surface area contributed by atoms with Crippen LogP contribution in [0.4, 0.5) is 5.95 Å². The largest absolute Gasteiger partial charge is 0.497 e. The Kier molecular flexibility index (Phi) is 4.69. The first-order valence-corrected chi connectivity index (χ1v) is 8.76. The minimum atomic E-state index is 0.241. The van der Waals surface area contributed by atoms with Gasteiger partial charge in [-0.05, 0) is 48.4 Å². The van der Waals surface area contributed by atoms with Gasteiger partial charge in [0.05, 0.1) is 19.4 Å². The standard InChI is InChI=1S/C21H21N3O2/c1-25-18-8-6-15(7-9-18)19-10-12-22-21(24-19)23-17-11-13-26-20-5-3-2-4-16(20)14-17/h2-10,12,17H,11,13-14H2,1H3,(H,22,23,24). The van der Waals surface area contributed by atoms with Gasteiger partial charge in [0.2, 0.25) is 5.95 Å². The number of methoxy groups -OCH3 is 1. The first-order chi connectivity index (χ1) is 12.8. The average Bonchev–Trinajstić information content (AvgIpc) is 2.90. The summed E-state index contributed by atoms with van der Waals surface area (Å²) in [6.07, 6.45) is 3.59. The molecule has 26 heavy (non-hydrogen) atoms. The Bertz CT molecular complexity index is 880. The van der Waals surface area contributed by atoms with E-state index in [0.29, 0.717) is 12.6 Å². The number of anilines is 1. The highest BCUT2D eigenvalue weighted by Crippen LogP contribution is 2.25. The molecular formula is C21H21N3O2. The normalized spacial score (nSPS) is 16.1. The molecular weight excluding hydrogens is 326 g/mol. The summed E-state index contributed by atoms with van der Waals surface area (Å²) in [5, 5.41) is 3.47. The first kappa shape index (κ1) is 16.4. The van der Waals surface area contributed by atoms with Gasteiger partial charge in [-0.3, -0.25) is 0 Å². The van der Waals surface area contributed by atoms with Gasteiger partial charge in [0.1, 0.15) is 11.5 Å². The van der Waals surface area contributed by atoms with Gasteiger partial charge in [0.15, 0.2) is 0 Å². The fourth-order valence-electron chi connectivity index (χ4n) is 3.15. The number of para-hydroxylation sites is 1. The molecule has 5 nitrogen and oxygen atoms in total. The third-order valence-corrected chi connectivity index (χ3v) is 4.54. The Morgan fingerprint density at radius 3 is 2.77 bits per heavy atom. The van der Waals surface area contributed by atoms with Crippen LogP contribution in [-0.4, -0.2) is 29.7 Å². The predicted molar refractivity (Wildman–Crippen MR) is 102 cm³/mol. The van der Waals surface area contributed by atoms with Crippen LogP contribution in [0.3, 0.4) is 0 Å². The third-order valence-electron chi connectivity index (χ3n) is 4.54. The Balaban J connectivity index is 1.51. The molecule has 0 saturated carbocycles. The Labute approximate surface area is 153 Å². The zero-order valence-corrected chi connectivity index (χ0v) is 14.7. The predicted octanol–water partition coefficient (Wildman–Crippen LogP) is 3.96. The van der Waals surface area contributed by atoms with Crippen LogP contribution in [0.15, 0.2) is 60.8 Å². The van der Waals surface area contributed by atoms with Crippen LogP contribution in [0.25, 0.3) is 11.3 Å². The average molecular weight is 347 g/mol. The molecule has 2 aromatic carbocycles. The van der Waals surface area contributed by atoms with Gasteiger partial charge in [0.25, 0.3) is 0 Å². The monoisotopic (exact) mass is 347 g/mol. The van der Waals surface area contributed by atoms with Crippen LogP contribution in [0.5, 0.6) is 11.5 Å². The number of benzene rings is 2. The second-order valence-electron chi connectivity index (χ2n) is 6.28. The summed E-state index contributed by atoms with van der Waals surface area (Å²) in [6.45, 7) is 0.687. The van der Waals surface area contributed by atoms with Gasteiger partial charge < -0.3 is 14.8 Å². The molecule has 0 saturated heterocycles. The molecule has 2 heterocycles. The lowest BCUT2D eigenvalue weighted by Gasteiger charge is -2.16. The zero-order valence-electron chi connectivity index (χ0n) is 14.7. The number of hydrogen-bond donors (Lipinski definition) is 1. The summed E-state index contributed by atoms with van der Waals surface area (Å²) >= 11 is 0. The SMILES string of the molecule is COc1ccc(-c2ccnc(NC3CCOc4ccccc4C3)n2)cc1. The van der Waals surface area contributed by atoms with Crippen molar-refractivity contribution in [1.29, 1.82) is 0 Å². The van der Waals surface area contributed by atoms with Gasteiger partial charge in [0, 0.05) is 24.2 Å². The van der Waals surface area contributed by atoms with Crippen molar-refractivity contribution in [2.45, 2.75) is 18.9 Å². The molecule has 132 valence electrons. The molecule has 3 aromatic rings. The maximum absolute atomic E-state index is 5.84. The van der Waals surface area contributed by atoms with Crippen molar-refractivity contribution in [3.05, 3.63) is 66.4 Å².